The van der Waals surface area contributed by atoms with Crippen LogP contribution in [0.15, 0.2) is 12.3 Å². The van der Waals surface area contributed by atoms with E-state index >= 15 is 0 Å². The molecular formula is C12H12F2N2O3. The molecule has 0 bridgehead atoms. The van der Waals surface area contributed by atoms with Gasteiger partial charge in [0, 0.05) is 12.2 Å². The normalized spacial score (nSPS) is 15.9. The molecule has 1 aromatic rings. The van der Waals surface area contributed by atoms with Crippen molar-refractivity contribution in [3.05, 3.63) is 29.6 Å². The van der Waals surface area contributed by atoms with Gasteiger partial charge in [-0.25, -0.2) is 9.37 Å². The molecular weight excluding hydrogens is 258 g/mol. The number of nitrogens with one attached hydrogen (secondary N) is 1. The summed E-state index contributed by atoms with van der Waals surface area (Å²) in [6, 6.07) is 0.499. The highest BCUT2D eigenvalue weighted by Crippen LogP contribution is 2.34. The molecule has 2 rings (SSSR count). The van der Waals surface area contributed by atoms with Crippen LogP contribution in [0, 0.1) is 17.7 Å². The minimum Gasteiger partial charge on any atom is -0.481 e. The highest BCUT2D eigenvalue weighted by molar-refractivity contribution is 5.94. The van der Waals surface area contributed by atoms with Crippen LogP contribution in [-0.4, -0.2) is 28.0 Å². The van der Waals surface area contributed by atoms with Crippen molar-refractivity contribution in [3.63, 3.8) is 0 Å². The number of amides is 1. The Balaban J connectivity index is 2.10. The van der Waals surface area contributed by atoms with E-state index in [1.54, 1.807) is 0 Å². The third-order valence-electron chi connectivity index (χ3n) is 2.99. The summed E-state index contributed by atoms with van der Waals surface area (Å²) in [6.45, 7) is 0. The molecule has 1 fully saturated rings. The first-order valence-corrected chi connectivity index (χ1v) is 5.81. The van der Waals surface area contributed by atoms with Crippen molar-refractivity contribution >= 4 is 11.9 Å². The van der Waals surface area contributed by atoms with Crippen LogP contribution in [-0.2, 0) is 4.79 Å². The molecule has 7 heteroatoms. The van der Waals surface area contributed by atoms with Gasteiger partial charge in [0.1, 0.15) is 0 Å². The van der Waals surface area contributed by atoms with E-state index in [2.05, 4.69) is 10.3 Å². The number of rotatable bonds is 5. The zero-order valence-corrected chi connectivity index (χ0v) is 9.90. The lowest BCUT2D eigenvalue weighted by atomic mass is 10.1. The SMILES string of the molecule is O=C(O)CC(NC(=O)c1ccnc(F)c1F)C1CC1. The lowest BCUT2D eigenvalue weighted by Gasteiger charge is -2.16. The summed E-state index contributed by atoms with van der Waals surface area (Å²) in [5.74, 6) is -4.45. The fourth-order valence-electron chi connectivity index (χ4n) is 1.86. The van der Waals surface area contributed by atoms with Gasteiger partial charge in [-0.15, -0.1) is 0 Å². The molecule has 1 heterocycles. The van der Waals surface area contributed by atoms with Gasteiger partial charge in [0.05, 0.1) is 12.0 Å². The van der Waals surface area contributed by atoms with Crippen LogP contribution in [0.2, 0.25) is 0 Å². The quantitative estimate of drug-likeness (QED) is 0.791. The Morgan fingerprint density at radius 3 is 2.74 bits per heavy atom. The molecule has 102 valence electrons. The molecule has 0 aromatic carbocycles. The van der Waals surface area contributed by atoms with E-state index in [0.717, 1.165) is 25.1 Å². The standard InChI is InChI=1S/C12H12F2N2O3/c13-10-7(3-4-15-11(10)14)12(19)16-8(5-9(17)18)6-1-2-6/h3-4,6,8H,1-2,5H2,(H,16,19)(H,17,18). The topological polar surface area (TPSA) is 79.3 Å². The van der Waals surface area contributed by atoms with Crippen LogP contribution in [0.25, 0.3) is 0 Å². The van der Waals surface area contributed by atoms with Crippen LogP contribution >= 0.6 is 0 Å². The van der Waals surface area contributed by atoms with E-state index in [0.29, 0.717) is 0 Å². The molecule has 1 aliphatic rings. The second kappa shape index (κ2) is 5.29. The van der Waals surface area contributed by atoms with E-state index in [4.69, 9.17) is 5.11 Å². The van der Waals surface area contributed by atoms with Crippen LogP contribution in [0.5, 0.6) is 0 Å². The first kappa shape index (κ1) is 13.4. The lowest BCUT2D eigenvalue weighted by molar-refractivity contribution is -0.137. The van der Waals surface area contributed by atoms with Crippen LogP contribution in [0.1, 0.15) is 29.6 Å². The summed E-state index contributed by atoms with van der Waals surface area (Å²) < 4.78 is 26.3. The number of nitrogens with zero attached hydrogens (tertiary/aromatic N) is 1. The number of aliphatic carboxylic acids is 1. The van der Waals surface area contributed by atoms with Crippen molar-refractivity contribution in [2.24, 2.45) is 5.92 Å². The maximum atomic E-state index is 13.4. The van der Waals surface area contributed by atoms with E-state index < -0.39 is 35.2 Å². The zero-order valence-electron chi connectivity index (χ0n) is 9.90. The largest absolute Gasteiger partial charge is 0.481 e. The Morgan fingerprint density at radius 2 is 2.16 bits per heavy atom. The predicted octanol–water partition coefficient (Wildman–Crippen LogP) is 1.34. The zero-order chi connectivity index (χ0) is 14.0. The number of hydrogen-bond donors (Lipinski definition) is 2. The molecule has 1 atom stereocenters. The molecule has 5 nitrogen and oxygen atoms in total. The molecule has 0 saturated heterocycles. The molecule has 1 aromatic heterocycles. The Labute approximate surface area is 107 Å². The Hall–Kier alpha value is -2.05. The number of carboxylic acid groups (broad SMARTS) is 1. The molecule has 2 N–H and O–H groups in total. The molecule has 1 aliphatic carbocycles. The van der Waals surface area contributed by atoms with Gasteiger partial charge in [-0.2, -0.15) is 4.39 Å². The predicted molar refractivity (Wildman–Crippen MR) is 60.4 cm³/mol. The molecule has 1 amide bonds. The average molecular weight is 270 g/mol. The third kappa shape index (κ3) is 3.24. The molecule has 19 heavy (non-hydrogen) atoms. The van der Waals surface area contributed by atoms with E-state index in [1.165, 1.54) is 0 Å². The summed E-state index contributed by atoms with van der Waals surface area (Å²) in [6.07, 6.45) is 2.40. The van der Waals surface area contributed by atoms with Gasteiger partial charge in [-0.05, 0) is 24.8 Å². The van der Waals surface area contributed by atoms with Gasteiger partial charge in [0.25, 0.3) is 5.91 Å². The van der Waals surface area contributed by atoms with Gasteiger partial charge in [-0.3, -0.25) is 9.59 Å². The van der Waals surface area contributed by atoms with Gasteiger partial charge < -0.3 is 10.4 Å². The van der Waals surface area contributed by atoms with Gasteiger partial charge in [0.15, 0.2) is 5.82 Å². The minimum absolute atomic E-state index is 0.0924. The first-order valence-electron chi connectivity index (χ1n) is 5.81. The fourth-order valence-corrected chi connectivity index (χ4v) is 1.86. The van der Waals surface area contributed by atoms with Crippen LogP contribution < -0.4 is 5.32 Å². The number of carboxylic acids is 1. The molecule has 0 radical (unpaired) electrons. The molecule has 0 spiro atoms. The highest BCUT2D eigenvalue weighted by atomic mass is 19.2. The van der Waals surface area contributed by atoms with E-state index in [-0.39, 0.29) is 12.3 Å². The second-order valence-corrected chi connectivity index (χ2v) is 4.48. The van der Waals surface area contributed by atoms with Gasteiger partial charge >= 0.3 is 5.97 Å². The van der Waals surface area contributed by atoms with Crippen molar-refractivity contribution in [2.75, 3.05) is 0 Å². The summed E-state index contributed by atoms with van der Waals surface area (Å²) >= 11 is 0. The van der Waals surface area contributed by atoms with E-state index in [9.17, 15) is 18.4 Å². The Morgan fingerprint density at radius 1 is 1.47 bits per heavy atom. The van der Waals surface area contributed by atoms with Crippen molar-refractivity contribution in [1.29, 1.82) is 0 Å². The average Bonchev–Trinajstić information content (AvgIpc) is 3.15. The Kier molecular flexibility index (Phi) is 3.73. The van der Waals surface area contributed by atoms with Crippen molar-refractivity contribution in [2.45, 2.75) is 25.3 Å². The molecule has 1 saturated carbocycles. The minimum atomic E-state index is -1.35. The fraction of sp³-hybridized carbons (Fsp3) is 0.417. The third-order valence-corrected chi connectivity index (χ3v) is 2.99. The number of halogens is 2. The number of aromatic nitrogens is 1. The Bertz CT molecular complexity index is 518. The highest BCUT2D eigenvalue weighted by Gasteiger charge is 2.34. The summed E-state index contributed by atoms with van der Waals surface area (Å²) in [7, 11) is 0. The lowest BCUT2D eigenvalue weighted by Crippen LogP contribution is -2.38. The van der Waals surface area contributed by atoms with Crippen molar-refractivity contribution in [1.82, 2.24) is 10.3 Å². The molecule has 1 unspecified atom stereocenters. The maximum absolute atomic E-state index is 13.4. The van der Waals surface area contributed by atoms with Crippen LogP contribution in [0.4, 0.5) is 8.78 Å². The molecule has 0 aliphatic heterocycles. The smallest absolute Gasteiger partial charge is 0.305 e. The van der Waals surface area contributed by atoms with Crippen molar-refractivity contribution < 1.29 is 23.5 Å². The summed E-state index contributed by atoms with van der Waals surface area (Å²) in [4.78, 5) is 25.6. The summed E-state index contributed by atoms with van der Waals surface area (Å²) in [5.41, 5.74) is -0.469. The monoisotopic (exact) mass is 270 g/mol. The number of carbonyl (C=O) groups excluding carboxylic acids is 1. The van der Waals surface area contributed by atoms with Gasteiger partial charge in [0.2, 0.25) is 5.95 Å². The number of hydrogen-bond acceptors (Lipinski definition) is 3. The number of carbonyl (C=O) groups is 2. The summed E-state index contributed by atoms with van der Waals surface area (Å²) in [5, 5.41) is 11.2. The first-order chi connectivity index (χ1) is 8.99. The van der Waals surface area contributed by atoms with Crippen LogP contribution in [0.3, 0.4) is 0 Å². The van der Waals surface area contributed by atoms with Crippen molar-refractivity contribution in [3.8, 4) is 0 Å². The van der Waals surface area contributed by atoms with E-state index in [1.807, 2.05) is 0 Å². The number of pyridine rings is 1. The second-order valence-electron chi connectivity index (χ2n) is 4.48. The maximum Gasteiger partial charge on any atom is 0.305 e. The van der Waals surface area contributed by atoms with Gasteiger partial charge in [-0.1, -0.05) is 0 Å².